The number of anilines is 1. The molecule has 9 heteroatoms. The van der Waals surface area contributed by atoms with Crippen molar-refractivity contribution in [3.8, 4) is 22.8 Å². The number of amides is 2. The van der Waals surface area contributed by atoms with Gasteiger partial charge in [-0.2, -0.15) is 0 Å². The topological polar surface area (TPSA) is 96.9 Å². The minimum Gasteiger partial charge on any atom is -0.454 e. The fourth-order valence-corrected chi connectivity index (χ4v) is 4.83. The van der Waals surface area contributed by atoms with E-state index in [0.717, 1.165) is 23.3 Å². The zero-order chi connectivity index (χ0) is 23.4. The van der Waals surface area contributed by atoms with Gasteiger partial charge in [-0.25, -0.2) is 4.90 Å². The van der Waals surface area contributed by atoms with Gasteiger partial charge in [0, 0.05) is 31.8 Å². The molecule has 1 N–H and O–H groups in total. The molecule has 3 aliphatic heterocycles. The highest BCUT2D eigenvalue weighted by Crippen LogP contribution is 2.41. The molecule has 1 saturated heterocycles. The highest BCUT2D eigenvalue weighted by Gasteiger charge is 2.45. The summed E-state index contributed by atoms with van der Waals surface area (Å²) in [4.78, 5) is 44.1. The van der Waals surface area contributed by atoms with Crippen molar-refractivity contribution < 1.29 is 19.1 Å². The van der Waals surface area contributed by atoms with Crippen LogP contribution in [0.2, 0.25) is 0 Å². The Morgan fingerprint density at radius 3 is 2.38 bits per heavy atom. The van der Waals surface area contributed by atoms with E-state index in [9.17, 15) is 14.4 Å². The van der Waals surface area contributed by atoms with E-state index in [0.29, 0.717) is 36.0 Å². The third kappa shape index (κ3) is 2.97. The second-order valence-electron chi connectivity index (χ2n) is 8.49. The maximum Gasteiger partial charge on any atom is 0.282 e. The van der Waals surface area contributed by atoms with Gasteiger partial charge >= 0.3 is 0 Å². The smallest absolute Gasteiger partial charge is 0.282 e. The van der Waals surface area contributed by atoms with Gasteiger partial charge in [0.25, 0.3) is 17.4 Å². The van der Waals surface area contributed by atoms with E-state index in [-0.39, 0.29) is 29.2 Å². The number of nitrogens with one attached hydrogen (secondary N) is 1. The number of rotatable bonds is 4. The summed E-state index contributed by atoms with van der Waals surface area (Å²) in [7, 11) is 1.60. The van der Waals surface area contributed by atoms with Gasteiger partial charge < -0.3 is 14.4 Å². The van der Waals surface area contributed by atoms with Crippen LogP contribution in [0.3, 0.4) is 0 Å². The van der Waals surface area contributed by atoms with E-state index in [1.807, 2.05) is 35.2 Å². The van der Waals surface area contributed by atoms with Crippen LogP contribution >= 0.6 is 0 Å². The maximum absolute atomic E-state index is 13.9. The van der Waals surface area contributed by atoms with Gasteiger partial charge in [-0.3, -0.25) is 24.2 Å². The number of carbonyl (C=O) groups is 2. The van der Waals surface area contributed by atoms with Crippen LogP contribution in [0.5, 0.6) is 11.5 Å². The fourth-order valence-electron chi connectivity index (χ4n) is 4.83. The first-order valence-corrected chi connectivity index (χ1v) is 11.2. The van der Waals surface area contributed by atoms with E-state index in [1.165, 1.54) is 4.68 Å². The molecular formula is C25H22N4O5. The van der Waals surface area contributed by atoms with Gasteiger partial charge in [0.15, 0.2) is 11.5 Å². The number of ether oxygens (including phenoxy) is 2. The Balaban J connectivity index is 1.55. The first kappa shape index (κ1) is 20.3. The minimum atomic E-state index is -0.528. The third-order valence-corrected chi connectivity index (χ3v) is 6.46. The third-order valence-electron chi connectivity index (χ3n) is 6.46. The SMILES string of the molecule is Cn1[nH]c(-c2ccccc2)c(C2=C(N3CCCC3)C(=O)N(c3ccc4c(c3)OCO4)C2=O)c1=O. The molecule has 0 radical (unpaired) electrons. The Morgan fingerprint density at radius 1 is 0.882 bits per heavy atom. The number of hydrogen-bond donors (Lipinski definition) is 1. The van der Waals surface area contributed by atoms with Crippen LogP contribution in [-0.2, 0) is 16.6 Å². The normalized spacial score (nSPS) is 17.4. The van der Waals surface area contributed by atoms with Gasteiger partial charge in [-0.1, -0.05) is 30.3 Å². The number of likely N-dealkylation sites (tertiary alicyclic amines) is 1. The Morgan fingerprint density at radius 2 is 1.62 bits per heavy atom. The van der Waals surface area contributed by atoms with Crippen molar-refractivity contribution in [1.82, 2.24) is 14.7 Å². The lowest BCUT2D eigenvalue weighted by Crippen LogP contribution is -2.34. The van der Waals surface area contributed by atoms with Crippen molar-refractivity contribution >= 4 is 23.1 Å². The van der Waals surface area contributed by atoms with Crippen molar-refractivity contribution in [1.29, 1.82) is 0 Å². The summed E-state index contributed by atoms with van der Waals surface area (Å²) in [6, 6.07) is 14.3. The molecule has 3 aliphatic rings. The molecule has 0 bridgehead atoms. The monoisotopic (exact) mass is 458 g/mol. The van der Waals surface area contributed by atoms with Crippen LogP contribution in [-0.4, -0.2) is 46.4 Å². The molecule has 0 saturated carbocycles. The summed E-state index contributed by atoms with van der Waals surface area (Å²) in [6.07, 6.45) is 1.83. The highest BCUT2D eigenvalue weighted by molar-refractivity contribution is 6.46. The molecule has 34 heavy (non-hydrogen) atoms. The number of nitrogens with zero attached hydrogens (tertiary/aromatic N) is 3. The van der Waals surface area contributed by atoms with E-state index in [1.54, 1.807) is 25.2 Å². The van der Waals surface area contributed by atoms with Gasteiger partial charge in [0.2, 0.25) is 6.79 Å². The van der Waals surface area contributed by atoms with Crippen molar-refractivity contribution in [3.63, 3.8) is 0 Å². The predicted molar refractivity (Wildman–Crippen MR) is 124 cm³/mol. The van der Waals surface area contributed by atoms with E-state index >= 15 is 0 Å². The summed E-state index contributed by atoms with van der Waals surface area (Å²) in [5.41, 5.74) is 1.88. The summed E-state index contributed by atoms with van der Waals surface area (Å²) in [5.74, 6) is 0.0566. The number of hydrogen-bond acceptors (Lipinski definition) is 6. The number of aromatic amines is 1. The number of carbonyl (C=O) groups excluding carboxylic acids is 2. The molecule has 9 nitrogen and oxygen atoms in total. The van der Waals surface area contributed by atoms with E-state index in [4.69, 9.17) is 9.47 Å². The number of H-pyrrole nitrogens is 1. The van der Waals surface area contributed by atoms with Gasteiger partial charge in [-0.15, -0.1) is 0 Å². The zero-order valence-electron chi connectivity index (χ0n) is 18.5. The highest BCUT2D eigenvalue weighted by atomic mass is 16.7. The lowest BCUT2D eigenvalue weighted by Gasteiger charge is -2.20. The lowest BCUT2D eigenvalue weighted by molar-refractivity contribution is -0.120. The molecule has 4 heterocycles. The second-order valence-corrected chi connectivity index (χ2v) is 8.49. The molecule has 2 aromatic carbocycles. The van der Waals surface area contributed by atoms with Gasteiger partial charge in [0.05, 0.1) is 22.5 Å². The van der Waals surface area contributed by atoms with Crippen LogP contribution in [0.1, 0.15) is 18.4 Å². The van der Waals surface area contributed by atoms with E-state index in [2.05, 4.69) is 5.10 Å². The molecule has 0 aliphatic carbocycles. The van der Waals surface area contributed by atoms with Crippen LogP contribution in [0, 0.1) is 0 Å². The molecule has 0 unspecified atom stereocenters. The summed E-state index contributed by atoms with van der Waals surface area (Å²) >= 11 is 0. The molecule has 3 aromatic rings. The van der Waals surface area contributed by atoms with Crippen molar-refractivity contribution in [3.05, 3.63) is 70.1 Å². The Bertz CT molecular complexity index is 1410. The largest absolute Gasteiger partial charge is 0.454 e. The zero-order valence-corrected chi connectivity index (χ0v) is 18.5. The molecule has 0 spiro atoms. The van der Waals surface area contributed by atoms with Gasteiger partial charge in [0.1, 0.15) is 5.70 Å². The van der Waals surface area contributed by atoms with Crippen LogP contribution in [0.25, 0.3) is 16.8 Å². The number of imide groups is 1. The maximum atomic E-state index is 13.9. The van der Waals surface area contributed by atoms with Crippen LogP contribution in [0.4, 0.5) is 5.69 Å². The standard InChI is InChI=1S/C25H22N4O5/c1-27-23(30)19(21(26-27)15-7-3-2-4-8-15)20-22(28-11-5-6-12-28)25(32)29(24(20)31)16-9-10-17-18(13-16)34-14-33-17/h2-4,7-10,13,26H,5-6,11-12,14H2,1H3. The summed E-state index contributed by atoms with van der Waals surface area (Å²) < 4.78 is 12.2. The fraction of sp³-hybridized carbons (Fsp3) is 0.240. The molecule has 2 amide bonds. The quantitative estimate of drug-likeness (QED) is 0.604. The lowest BCUT2D eigenvalue weighted by atomic mass is 10.00. The molecule has 0 atom stereocenters. The average molecular weight is 458 g/mol. The number of fused-ring (bicyclic) bond motifs is 1. The number of benzene rings is 2. The minimum absolute atomic E-state index is 0.0863. The second kappa shape index (κ2) is 7.65. The van der Waals surface area contributed by atoms with Crippen molar-refractivity contribution in [2.24, 2.45) is 7.05 Å². The van der Waals surface area contributed by atoms with Crippen molar-refractivity contribution in [2.45, 2.75) is 12.8 Å². The molecule has 172 valence electrons. The molecule has 6 rings (SSSR count). The average Bonchev–Trinajstić information content (AvgIpc) is 3.62. The molecule has 1 fully saturated rings. The molecule has 1 aromatic heterocycles. The van der Waals surface area contributed by atoms with Crippen molar-refractivity contribution in [2.75, 3.05) is 24.8 Å². The first-order chi connectivity index (χ1) is 16.5. The predicted octanol–water partition coefficient (Wildman–Crippen LogP) is 2.49. The molecular weight excluding hydrogens is 436 g/mol. The number of aryl methyl sites for hydroxylation is 1. The Kier molecular flexibility index (Phi) is 4.58. The summed E-state index contributed by atoms with van der Waals surface area (Å²) in [5, 5.41) is 3.07. The van der Waals surface area contributed by atoms with Gasteiger partial charge in [-0.05, 0) is 25.0 Å². The first-order valence-electron chi connectivity index (χ1n) is 11.2. The van der Waals surface area contributed by atoms with Crippen LogP contribution in [0.15, 0.2) is 59.0 Å². The van der Waals surface area contributed by atoms with Crippen LogP contribution < -0.4 is 19.9 Å². The number of aromatic nitrogens is 2. The summed E-state index contributed by atoms with van der Waals surface area (Å²) in [6.45, 7) is 1.39. The Hall–Kier alpha value is -4.27. The Labute approximate surface area is 194 Å². The van der Waals surface area contributed by atoms with E-state index < -0.39 is 11.8 Å².